The third-order valence-corrected chi connectivity index (χ3v) is 4.66. The van der Waals surface area contributed by atoms with E-state index in [0.29, 0.717) is 17.0 Å². The third kappa shape index (κ3) is 6.43. The van der Waals surface area contributed by atoms with Crippen molar-refractivity contribution >= 4 is 35.2 Å². The summed E-state index contributed by atoms with van der Waals surface area (Å²) in [5, 5.41) is 6.20. The van der Waals surface area contributed by atoms with Gasteiger partial charge in [-0.15, -0.1) is 0 Å². The van der Waals surface area contributed by atoms with E-state index in [9.17, 15) is 9.59 Å². The molecule has 0 aromatic heterocycles. The van der Waals surface area contributed by atoms with E-state index >= 15 is 0 Å². The quantitative estimate of drug-likeness (QED) is 0.712. The molecule has 1 aromatic carbocycles. The fourth-order valence-corrected chi connectivity index (χ4v) is 2.87. The monoisotopic (exact) mass is 356 g/mol. The van der Waals surface area contributed by atoms with Crippen LogP contribution in [0.2, 0.25) is 5.02 Å². The molecule has 0 aliphatic rings. The zero-order valence-corrected chi connectivity index (χ0v) is 15.5. The summed E-state index contributed by atoms with van der Waals surface area (Å²) in [5.74, 6) is 0.346. The second-order valence-corrected chi connectivity index (χ2v) is 6.70. The maximum absolute atomic E-state index is 12.5. The lowest BCUT2D eigenvalue weighted by atomic mass is 10.1. The van der Waals surface area contributed by atoms with Crippen LogP contribution in [0.5, 0.6) is 0 Å². The lowest BCUT2D eigenvalue weighted by Gasteiger charge is -2.22. The van der Waals surface area contributed by atoms with Crippen LogP contribution in [0.25, 0.3) is 0 Å². The molecule has 0 aliphatic heterocycles. The van der Waals surface area contributed by atoms with Gasteiger partial charge in [0.2, 0.25) is 5.91 Å². The highest BCUT2D eigenvalue weighted by molar-refractivity contribution is 7.98. The normalized spacial score (nSPS) is 12.0. The highest BCUT2D eigenvalue weighted by Crippen LogP contribution is 2.15. The summed E-state index contributed by atoms with van der Waals surface area (Å²) >= 11 is 7.70. The average Bonchev–Trinajstić information content (AvgIpc) is 2.56. The van der Waals surface area contributed by atoms with Crippen molar-refractivity contribution in [1.82, 2.24) is 10.6 Å². The minimum atomic E-state index is -0.549. The van der Waals surface area contributed by atoms with Gasteiger partial charge in [-0.2, -0.15) is 11.8 Å². The first-order valence-corrected chi connectivity index (χ1v) is 9.65. The van der Waals surface area contributed by atoms with Crippen LogP contribution >= 0.6 is 23.4 Å². The summed E-state index contributed by atoms with van der Waals surface area (Å²) in [5.41, 5.74) is 0.388. The Hall–Kier alpha value is -1.20. The highest BCUT2D eigenvalue weighted by atomic mass is 35.5. The largest absolute Gasteiger partial charge is 0.352 e. The number of benzene rings is 1. The molecule has 23 heavy (non-hydrogen) atoms. The molecule has 6 heteroatoms. The van der Waals surface area contributed by atoms with Crippen molar-refractivity contribution < 1.29 is 9.59 Å². The van der Waals surface area contributed by atoms with Gasteiger partial charge in [-0.05, 0) is 43.4 Å². The topological polar surface area (TPSA) is 58.2 Å². The number of nitrogens with one attached hydrogen (secondary N) is 2. The van der Waals surface area contributed by atoms with E-state index in [1.54, 1.807) is 36.0 Å². The zero-order valence-electron chi connectivity index (χ0n) is 13.9. The van der Waals surface area contributed by atoms with E-state index in [0.717, 1.165) is 18.6 Å². The third-order valence-electron chi connectivity index (χ3n) is 3.68. The standard InChI is InChI=1S/C17H25ClN2O2S/c1-4-12(5-2)19-17(22)15(10-11-23-3)20-16(21)13-8-6-7-9-14(13)18/h6-9,12,15H,4-5,10-11H2,1-3H3,(H,19,22)(H,20,21). The fraction of sp³-hybridized carbons (Fsp3) is 0.529. The molecular formula is C17H25ClN2O2S. The van der Waals surface area contributed by atoms with Crippen molar-refractivity contribution in [3.8, 4) is 0 Å². The van der Waals surface area contributed by atoms with Crippen molar-refractivity contribution in [2.24, 2.45) is 0 Å². The Kier molecular flexibility index (Phi) is 9.10. The number of hydrogen-bond donors (Lipinski definition) is 2. The molecule has 2 amide bonds. The Labute approximate surface area is 147 Å². The van der Waals surface area contributed by atoms with Crippen LogP contribution in [0.3, 0.4) is 0 Å². The SMILES string of the molecule is CCC(CC)NC(=O)C(CCSC)NC(=O)c1ccccc1Cl. The Balaban J connectivity index is 2.79. The van der Waals surface area contributed by atoms with E-state index in [4.69, 9.17) is 11.6 Å². The molecule has 0 saturated heterocycles. The van der Waals surface area contributed by atoms with Gasteiger partial charge in [-0.1, -0.05) is 37.6 Å². The Bertz CT molecular complexity index is 521. The average molecular weight is 357 g/mol. The second-order valence-electron chi connectivity index (χ2n) is 5.31. The van der Waals surface area contributed by atoms with Gasteiger partial charge in [0, 0.05) is 6.04 Å². The molecule has 2 N–H and O–H groups in total. The molecule has 0 spiro atoms. The first-order valence-electron chi connectivity index (χ1n) is 7.88. The smallest absolute Gasteiger partial charge is 0.253 e. The highest BCUT2D eigenvalue weighted by Gasteiger charge is 2.23. The zero-order chi connectivity index (χ0) is 17.2. The summed E-state index contributed by atoms with van der Waals surface area (Å²) in [6, 6.07) is 6.43. The number of halogens is 1. The molecule has 0 saturated carbocycles. The van der Waals surface area contributed by atoms with Crippen LogP contribution in [-0.4, -0.2) is 35.9 Å². The predicted molar refractivity (Wildman–Crippen MR) is 98.2 cm³/mol. The number of hydrogen-bond acceptors (Lipinski definition) is 3. The number of carbonyl (C=O) groups is 2. The Morgan fingerprint density at radius 3 is 2.39 bits per heavy atom. The summed E-state index contributed by atoms with van der Waals surface area (Å²) in [6.07, 6.45) is 4.31. The minimum Gasteiger partial charge on any atom is -0.352 e. The molecule has 1 rings (SSSR count). The maximum Gasteiger partial charge on any atom is 0.253 e. The Morgan fingerprint density at radius 1 is 1.17 bits per heavy atom. The van der Waals surface area contributed by atoms with Crippen molar-refractivity contribution in [2.45, 2.75) is 45.2 Å². The van der Waals surface area contributed by atoms with Gasteiger partial charge in [0.15, 0.2) is 0 Å². The maximum atomic E-state index is 12.5. The second kappa shape index (κ2) is 10.6. The van der Waals surface area contributed by atoms with Crippen LogP contribution < -0.4 is 10.6 Å². The van der Waals surface area contributed by atoms with Gasteiger partial charge in [-0.25, -0.2) is 0 Å². The predicted octanol–water partition coefficient (Wildman–Crippen LogP) is 3.50. The summed E-state index contributed by atoms with van der Waals surface area (Å²) in [7, 11) is 0. The number of carbonyl (C=O) groups excluding carboxylic acids is 2. The molecule has 0 aliphatic carbocycles. The number of rotatable bonds is 9. The molecule has 1 aromatic rings. The van der Waals surface area contributed by atoms with E-state index in [-0.39, 0.29) is 17.9 Å². The number of thioether (sulfide) groups is 1. The fourth-order valence-electron chi connectivity index (χ4n) is 2.18. The van der Waals surface area contributed by atoms with E-state index < -0.39 is 6.04 Å². The molecule has 4 nitrogen and oxygen atoms in total. The van der Waals surface area contributed by atoms with Crippen LogP contribution in [0, 0.1) is 0 Å². The molecule has 128 valence electrons. The van der Waals surface area contributed by atoms with Crippen LogP contribution in [0.15, 0.2) is 24.3 Å². The molecule has 0 radical (unpaired) electrons. The summed E-state index contributed by atoms with van der Waals surface area (Å²) < 4.78 is 0. The molecule has 0 fully saturated rings. The molecule has 1 unspecified atom stereocenters. The first-order chi connectivity index (χ1) is 11.0. The van der Waals surface area contributed by atoms with E-state index in [2.05, 4.69) is 10.6 Å². The molecule has 0 bridgehead atoms. The van der Waals surface area contributed by atoms with Crippen LogP contribution in [0.4, 0.5) is 0 Å². The van der Waals surface area contributed by atoms with Crippen LogP contribution in [0.1, 0.15) is 43.5 Å². The van der Waals surface area contributed by atoms with Gasteiger partial charge in [-0.3, -0.25) is 9.59 Å². The first kappa shape index (κ1) is 19.8. The van der Waals surface area contributed by atoms with E-state index in [1.165, 1.54) is 0 Å². The van der Waals surface area contributed by atoms with Gasteiger partial charge in [0.25, 0.3) is 5.91 Å². The van der Waals surface area contributed by atoms with Gasteiger partial charge >= 0.3 is 0 Å². The van der Waals surface area contributed by atoms with E-state index in [1.807, 2.05) is 20.1 Å². The lowest BCUT2D eigenvalue weighted by Crippen LogP contribution is -2.49. The Morgan fingerprint density at radius 2 is 1.83 bits per heavy atom. The van der Waals surface area contributed by atoms with Gasteiger partial charge in [0.1, 0.15) is 6.04 Å². The van der Waals surface area contributed by atoms with Crippen molar-refractivity contribution in [3.05, 3.63) is 34.9 Å². The van der Waals surface area contributed by atoms with Gasteiger partial charge < -0.3 is 10.6 Å². The minimum absolute atomic E-state index is 0.131. The molecule has 1 atom stereocenters. The number of amides is 2. The summed E-state index contributed by atoms with van der Waals surface area (Å²) in [4.78, 5) is 24.8. The van der Waals surface area contributed by atoms with Crippen molar-refractivity contribution in [2.75, 3.05) is 12.0 Å². The summed E-state index contributed by atoms with van der Waals surface area (Å²) in [6.45, 7) is 4.07. The van der Waals surface area contributed by atoms with Crippen molar-refractivity contribution in [1.29, 1.82) is 0 Å². The van der Waals surface area contributed by atoms with Crippen molar-refractivity contribution in [3.63, 3.8) is 0 Å². The van der Waals surface area contributed by atoms with Crippen LogP contribution in [-0.2, 0) is 4.79 Å². The lowest BCUT2D eigenvalue weighted by molar-refractivity contribution is -0.123. The van der Waals surface area contributed by atoms with Gasteiger partial charge in [0.05, 0.1) is 10.6 Å². The molecular weight excluding hydrogens is 332 g/mol. The molecule has 0 heterocycles.